The van der Waals surface area contributed by atoms with Gasteiger partial charge in [0.05, 0.1) is 0 Å². The average molecular weight is 285 g/mol. The lowest BCUT2D eigenvalue weighted by molar-refractivity contribution is 0.541. The molecule has 1 nitrogen and oxygen atoms in total. The summed E-state index contributed by atoms with van der Waals surface area (Å²) in [6.07, 6.45) is 0. The van der Waals surface area contributed by atoms with Gasteiger partial charge in [0.2, 0.25) is 5.95 Å². The predicted molar refractivity (Wildman–Crippen MR) is 53.5 cm³/mol. The molecule has 0 radical (unpaired) electrons. The molecule has 0 atom stereocenters. The summed E-state index contributed by atoms with van der Waals surface area (Å²) in [5, 5.41) is 0.861. The van der Waals surface area contributed by atoms with E-state index in [4.69, 9.17) is 0 Å². The molecule has 1 heterocycles. The maximum Gasteiger partial charge on any atom is 0.237 e. The lowest BCUT2D eigenvalue weighted by atomic mass is 9.98. The highest BCUT2D eigenvalue weighted by molar-refractivity contribution is 14.1. The van der Waals surface area contributed by atoms with Gasteiger partial charge in [-0.3, -0.25) is 0 Å². The molecule has 0 aliphatic rings. The first-order valence-corrected chi connectivity index (χ1v) is 5.13. The van der Waals surface area contributed by atoms with Gasteiger partial charge in [0, 0.05) is 5.41 Å². The van der Waals surface area contributed by atoms with Crippen LogP contribution in [0.3, 0.4) is 0 Å². The first kappa shape index (κ1) is 9.38. The zero-order chi connectivity index (χ0) is 8.65. The van der Waals surface area contributed by atoms with Crippen molar-refractivity contribution in [1.29, 1.82) is 0 Å². The zero-order valence-corrected chi connectivity index (χ0v) is 9.59. The monoisotopic (exact) mass is 285 g/mol. The fraction of sp³-hybridized carbons (Fsp3) is 0.571. The van der Waals surface area contributed by atoms with E-state index >= 15 is 0 Å². The first-order chi connectivity index (χ1) is 4.91. The highest BCUT2D eigenvalue weighted by Crippen LogP contribution is 2.29. The number of hydrogen-bond acceptors (Lipinski definition) is 2. The van der Waals surface area contributed by atoms with Crippen molar-refractivity contribution in [2.24, 2.45) is 0 Å². The molecular formula is C7H9FINS. The van der Waals surface area contributed by atoms with Crippen LogP contribution in [0.15, 0.2) is 0 Å². The summed E-state index contributed by atoms with van der Waals surface area (Å²) in [5.41, 5.74) is -0.0328. The minimum atomic E-state index is -0.333. The van der Waals surface area contributed by atoms with Gasteiger partial charge in [-0.15, -0.1) is 11.3 Å². The fourth-order valence-corrected chi connectivity index (χ4v) is 2.08. The molecule has 0 saturated carbocycles. The van der Waals surface area contributed by atoms with Crippen molar-refractivity contribution in [3.8, 4) is 0 Å². The van der Waals surface area contributed by atoms with E-state index in [9.17, 15) is 4.39 Å². The Balaban J connectivity index is 3.08. The van der Waals surface area contributed by atoms with E-state index in [1.165, 1.54) is 11.3 Å². The molecule has 62 valence electrons. The van der Waals surface area contributed by atoms with Gasteiger partial charge in [-0.05, 0) is 22.6 Å². The van der Waals surface area contributed by atoms with E-state index in [-0.39, 0.29) is 11.4 Å². The van der Waals surface area contributed by atoms with Gasteiger partial charge in [-0.25, -0.2) is 4.98 Å². The Morgan fingerprint density at radius 3 is 2.18 bits per heavy atom. The molecule has 4 heteroatoms. The van der Waals surface area contributed by atoms with Crippen LogP contribution in [0.25, 0.3) is 0 Å². The molecule has 11 heavy (non-hydrogen) atoms. The van der Waals surface area contributed by atoms with Crippen LogP contribution in [0.4, 0.5) is 4.39 Å². The molecule has 0 saturated heterocycles. The second-order valence-corrected chi connectivity index (χ2v) is 6.14. The van der Waals surface area contributed by atoms with Crippen LogP contribution in [-0.4, -0.2) is 4.98 Å². The Kier molecular flexibility index (Phi) is 2.53. The summed E-state index contributed by atoms with van der Waals surface area (Å²) in [5.74, 6) is -0.333. The third kappa shape index (κ3) is 2.11. The number of halogens is 2. The van der Waals surface area contributed by atoms with Crippen molar-refractivity contribution in [1.82, 2.24) is 4.98 Å². The van der Waals surface area contributed by atoms with Gasteiger partial charge in [0.25, 0.3) is 0 Å². The molecule has 0 spiro atoms. The van der Waals surface area contributed by atoms with Gasteiger partial charge >= 0.3 is 0 Å². The number of hydrogen-bond donors (Lipinski definition) is 0. The SMILES string of the molecule is CC(C)(C)c1nc(F)c(I)s1. The third-order valence-corrected chi connectivity index (χ3v) is 3.54. The predicted octanol–water partition coefficient (Wildman–Crippen LogP) is 3.18. The first-order valence-electron chi connectivity index (χ1n) is 3.23. The van der Waals surface area contributed by atoms with Gasteiger partial charge < -0.3 is 0 Å². The standard InChI is InChI=1S/C7H9FINS/c1-7(2,3)6-10-4(8)5(9)11-6/h1-3H3. The second-order valence-electron chi connectivity index (χ2n) is 3.33. The van der Waals surface area contributed by atoms with Crippen molar-refractivity contribution in [2.45, 2.75) is 26.2 Å². The van der Waals surface area contributed by atoms with Gasteiger partial charge in [0.1, 0.15) is 7.89 Å². The van der Waals surface area contributed by atoms with E-state index in [1.807, 2.05) is 43.4 Å². The van der Waals surface area contributed by atoms with Crippen molar-refractivity contribution in [3.05, 3.63) is 13.8 Å². The van der Waals surface area contributed by atoms with Gasteiger partial charge in [0.15, 0.2) is 0 Å². The second kappa shape index (κ2) is 2.97. The molecule has 0 amide bonds. The summed E-state index contributed by atoms with van der Waals surface area (Å²) >= 11 is 3.39. The third-order valence-electron chi connectivity index (χ3n) is 1.19. The normalized spacial score (nSPS) is 12.1. The quantitative estimate of drug-likeness (QED) is 0.667. The van der Waals surface area contributed by atoms with Crippen LogP contribution in [0.2, 0.25) is 0 Å². The Morgan fingerprint density at radius 2 is 2.00 bits per heavy atom. The fourth-order valence-electron chi connectivity index (χ4n) is 0.604. The van der Waals surface area contributed by atoms with Crippen LogP contribution in [0, 0.1) is 8.83 Å². The minimum absolute atomic E-state index is 0.0328. The number of thiazole rings is 1. The van der Waals surface area contributed by atoms with Gasteiger partial charge in [-0.2, -0.15) is 4.39 Å². The maximum atomic E-state index is 12.8. The smallest absolute Gasteiger partial charge is 0.212 e. The molecule has 1 aromatic heterocycles. The average Bonchev–Trinajstić information content (AvgIpc) is 2.11. The Labute approximate surface area is 83.2 Å². The summed E-state index contributed by atoms with van der Waals surface area (Å²) in [4.78, 5) is 3.83. The Bertz CT molecular complexity index is 244. The Morgan fingerprint density at radius 1 is 1.45 bits per heavy atom. The lowest BCUT2D eigenvalue weighted by Crippen LogP contribution is -2.10. The summed E-state index contributed by atoms with van der Waals surface area (Å²) in [6.45, 7) is 6.09. The van der Waals surface area contributed by atoms with Crippen molar-refractivity contribution < 1.29 is 4.39 Å². The number of rotatable bonds is 0. The lowest BCUT2D eigenvalue weighted by Gasteiger charge is -2.12. The van der Waals surface area contributed by atoms with E-state index < -0.39 is 0 Å². The van der Waals surface area contributed by atoms with Gasteiger partial charge in [-0.1, -0.05) is 20.8 Å². The molecule has 0 aromatic carbocycles. The van der Waals surface area contributed by atoms with Crippen molar-refractivity contribution in [3.63, 3.8) is 0 Å². The van der Waals surface area contributed by atoms with E-state index in [0.717, 1.165) is 5.01 Å². The largest absolute Gasteiger partial charge is 0.237 e. The molecule has 0 unspecified atom stereocenters. The molecule has 0 fully saturated rings. The van der Waals surface area contributed by atoms with Crippen molar-refractivity contribution in [2.75, 3.05) is 0 Å². The molecule has 1 aromatic rings. The van der Waals surface area contributed by atoms with E-state index in [0.29, 0.717) is 2.88 Å². The van der Waals surface area contributed by atoms with Crippen LogP contribution >= 0.6 is 33.9 Å². The summed E-state index contributed by atoms with van der Waals surface area (Å²) in [7, 11) is 0. The molecule has 0 bridgehead atoms. The van der Waals surface area contributed by atoms with Crippen LogP contribution in [0.1, 0.15) is 25.8 Å². The number of aromatic nitrogens is 1. The molecule has 0 aliphatic carbocycles. The topological polar surface area (TPSA) is 12.9 Å². The summed E-state index contributed by atoms with van der Waals surface area (Å²) in [6, 6.07) is 0. The van der Waals surface area contributed by atoms with Crippen LogP contribution in [0.5, 0.6) is 0 Å². The zero-order valence-electron chi connectivity index (χ0n) is 6.61. The van der Waals surface area contributed by atoms with Crippen molar-refractivity contribution >= 4 is 33.9 Å². The minimum Gasteiger partial charge on any atom is -0.212 e. The molecule has 0 aliphatic heterocycles. The summed E-state index contributed by atoms with van der Waals surface area (Å²) < 4.78 is 13.4. The van der Waals surface area contributed by atoms with Crippen LogP contribution in [-0.2, 0) is 5.41 Å². The molecule has 0 N–H and O–H groups in total. The maximum absolute atomic E-state index is 12.8. The molecule has 1 rings (SSSR count). The number of nitrogens with zero attached hydrogens (tertiary/aromatic N) is 1. The molecular weight excluding hydrogens is 276 g/mol. The highest BCUT2D eigenvalue weighted by atomic mass is 127. The Hall–Kier alpha value is 0.290. The van der Waals surface area contributed by atoms with E-state index in [2.05, 4.69) is 4.98 Å². The van der Waals surface area contributed by atoms with Crippen LogP contribution < -0.4 is 0 Å². The highest BCUT2D eigenvalue weighted by Gasteiger charge is 2.20. The van der Waals surface area contributed by atoms with E-state index in [1.54, 1.807) is 0 Å².